The van der Waals surface area contributed by atoms with Crippen LogP contribution < -0.4 is 45.6 Å². The van der Waals surface area contributed by atoms with Gasteiger partial charge in [-0.2, -0.15) is 0 Å². The molecular formula is C56H62Cl2N6O14S3. The van der Waals surface area contributed by atoms with Crippen molar-refractivity contribution in [2.45, 2.75) is 97.2 Å². The van der Waals surface area contributed by atoms with Crippen LogP contribution in [0.3, 0.4) is 0 Å². The first kappa shape index (κ1) is 62.0. The summed E-state index contributed by atoms with van der Waals surface area (Å²) < 4.78 is 99.6. The molecular weight excluding hydrogens is 1150 g/mol. The molecule has 432 valence electrons. The summed E-state index contributed by atoms with van der Waals surface area (Å²) in [4.78, 5) is 36.3. The Balaban J connectivity index is 0.000000175. The zero-order valence-corrected chi connectivity index (χ0v) is 47.7. The van der Waals surface area contributed by atoms with E-state index in [4.69, 9.17) is 62.3 Å². The van der Waals surface area contributed by atoms with Gasteiger partial charge in [0.25, 0.3) is 0 Å². The maximum Gasteiger partial charge on any atom is 0.241 e. The molecule has 20 nitrogen and oxygen atoms in total. The minimum Gasteiger partial charge on any atom is -0.489 e. The van der Waals surface area contributed by atoms with E-state index in [2.05, 4.69) is 16.0 Å². The van der Waals surface area contributed by atoms with Gasteiger partial charge in [0.15, 0.2) is 0 Å². The van der Waals surface area contributed by atoms with E-state index in [-0.39, 0.29) is 87.2 Å². The highest BCUT2D eigenvalue weighted by molar-refractivity contribution is 7.89. The Hall–Kier alpha value is -6.64. The Morgan fingerprint density at radius 1 is 0.444 bits per heavy atom. The molecule has 0 radical (unpaired) electrons. The molecule has 0 unspecified atom stereocenters. The van der Waals surface area contributed by atoms with E-state index in [1.807, 2.05) is 30.3 Å². The summed E-state index contributed by atoms with van der Waals surface area (Å²) in [6, 6.07) is 36.6. The number of halogens is 2. The number of benzene rings is 6. The van der Waals surface area contributed by atoms with Gasteiger partial charge in [-0.25, -0.2) is 40.7 Å². The van der Waals surface area contributed by atoms with Crippen LogP contribution in [0.2, 0.25) is 10.0 Å². The van der Waals surface area contributed by atoms with E-state index in [1.165, 1.54) is 36.4 Å². The number of sulfonamides is 3. The summed E-state index contributed by atoms with van der Waals surface area (Å²) in [5, 5.41) is 25.0. The number of hydrogen-bond donors (Lipinski definition) is 6. The van der Waals surface area contributed by atoms with Crippen LogP contribution in [0.1, 0.15) is 61.6 Å². The van der Waals surface area contributed by atoms with E-state index in [0.29, 0.717) is 90.3 Å². The van der Waals surface area contributed by atoms with Crippen molar-refractivity contribution in [2.75, 3.05) is 42.4 Å². The average Bonchev–Trinajstić information content (AvgIpc) is 3.41. The van der Waals surface area contributed by atoms with Gasteiger partial charge in [0.05, 0.1) is 51.8 Å². The first-order valence-electron chi connectivity index (χ1n) is 25.6. The highest BCUT2D eigenvalue weighted by Gasteiger charge is 2.26. The fourth-order valence-electron chi connectivity index (χ4n) is 8.36. The Labute approximate surface area is 481 Å². The van der Waals surface area contributed by atoms with Crippen molar-refractivity contribution in [2.24, 2.45) is 15.4 Å². The number of nitrogens with two attached hydrogens (primary N) is 3. The van der Waals surface area contributed by atoms with Crippen LogP contribution in [0.25, 0.3) is 0 Å². The predicted molar refractivity (Wildman–Crippen MR) is 307 cm³/mol. The van der Waals surface area contributed by atoms with Crippen molar-refractivity contribution in [1.29, 1.82) is 0 Å². The highest BCUT2D eigenvalue weighted by Crippen LogP contribution is 2.33. The first-order chi connectivity index (χ1) is 38.6. The summed E-state index contributed by atoms with van der Waals surface area (Å²) in [6.07, 6.45) is 5.59. The number of rotatable bonds is 18. The molecule has 2 saturated heterocycles. The molecule has 0 atom stereocenters. The molecule has 6 aromatic carbocycles. The molecule has 2 aliphatic heterocycles. The lowest BCUT2D eigenvalue weighted by atomic mass is 9.96. The average molecular weight is 1210 g/mol. The lowest BCUT2D eigenvalue weighted by molar-refractivity contribution is -0.116. The first-order valence-corrected chi connectivity index (χ1v) is 31.0. The SMILES string of the molecule is NS(=O)(=O)c1cc(NC(=O)Cc2ccccc2)ccc1OC1CCOCC1.NS(=O)(=O)c1cc(NC(=O)Cc2ccccc2Cl)ccc1OC1CCC1.NS(=O)(=O)c1cc(NC(=O)Cc2ccccc2Cl)ccc1OC1CCOCC1. The molecule has 0 aromatic heterocycles. The number of carbonyl (C=O) groups excluding carboxylic acids is 3. The minimum atomic E-state index is -4.04. The van der Waals surface area contributed by atoms with E-state index < -0.39 is 30.1 Å². The molecule has 2 heterocycles. The number of hydrogen-bond acceptors (Lipinski definition) is 14. The number of ether oxygens (including phenoxy) is 5. The fourth-order valence-corrected chi connectivity index (χ4v) is 10.8. The van der Waals surface area contributed by atoms with E-state index in [9.17, 15) is 39.6 Å². The van der Waals surface area contributed by atoms with Crippen LogP contribution in [0.4, 0.5) is 17.1 Å². The van der Waals surface area contributed by atoms with Gasteiger partial charge in [-0.1, -0.05) is 89.9 Å². The summed E-state index contributed by atoms with van der Waals surface area (Å²) in [5.41, 5.74) is 3.20. The Morgan fingerprint density at radius 3 is 1.09 bits per heavy atom. The quantitative estimate of drug-likeness (QED) is 0.0477. The molecule has 25 heteroatoms. The smallest absolute Gasteiger partial charge is 0.241 e. The highest BCUT2D eigenvalue weighted by atomic mass is 35.5. The third kappa shape index (κ3) is 19.5. The molecule has 0 spiro atoms. The lowest BCUT2D eigenvalue weighted by Crippen LogP contribution is -2.27. The van der Waals surface area contributed by atoms with Crippen LogP contribution >= 0.6 is 23.2 Å². The molecule has 9 rings (SSSR count). The van der Waals surface area contributed by atoms with Crippen molar-refractivity contribution in [1.82, 2.24) is 0 Å². The molecule has 6 aromatic rings. The Kier molecular flexibility index (Phi) is 22.1. The van der Waals surface area contributed by atoms with Gasteiger partial charge in [-0.3, -0.25) is 14.4 Å². The summed E-state index contributed by atoms with van der Waals surface area (Å²) in [6.45, 7) is 2.27. The molecule has 0 bridgehead atoms. The molecule has 3 fully saturated rings. The Morgan fingerprint density at radius 2 is 0.765 bits per heavy atom. The maximum absolute atomic E-state index is 12.3. The second-order valence-electron chi connectivity index (χ2n) is 19.0. The second-order valence-corrected chi connectivity index (χ2v) is 24.4. The predicted octanol–water partition coefficient (Wildman–Crippen LogP) is 7.90. The van der Waals surface area contributed by atoms with Crippen LogP contribution in [0, 0.1) is 0 Å². The third-order valence-electron chi connectivity index (χ3n) is 12.7. The van der Waals surface area contributed by atoms with Gasteiger partial charge in [0, 0.05) is 52.8 Å². The molecule has 3 aliphatic rings. The van der Waals surface area contributed by atoms with E-state index >= 15 is 0 Å². The van der Waals surface area contributed by atoms with Crippen molar-refractivity contribution >= 4 is 88.1 Å². The number of anilines is 3. The molecule has 9 N–H and O–H groups in total. The summed E-state index contributed by atoms with van der Waals surface area (Å²) in [5.74, 6) is -0.331. The zero-order valence-electron chi connectivity index (χ0n) is 43.8. The van der Waals surface area contributed by atoms with Crippen LogP contribution in [-0.4, -0.2) is 87.7 Å². The number of amides is 3. The number of primary sulfonamides is 3. The topological polar surface area (TPSA) is 314 Å². The Bertz CT molecular complexity index is 3510. The van der Waals surface area contributed by atoms with Gasteiger partial charge in [0.1, 0.15) is 44.1 Å². The van der Waals surface area contributed by atoms with Crippen LogP contribution in [-0.2, 0) is 73.2 Å². The maximum atomic E-state index is 12.3. The van der Waals surface area contributed by atoms with Crippen molar-refractivity contribution in [3.05, 3.63) is 160 Å². The summed E-state index contributed by atoms with van der Waals surface area (Å²) >= 11 is 12.1. The monoisotopic (exact) mass is 1210 g/mol. The van der Waals surface area contributed by atoms with Crippen LogP contribution in [0.15, 0.2) is 148 Å². The molecule has 81 heavy (non-hydrogen) atoms. The lowest BCUT2D eigenvalue weighted by Gasteiger charge is -2.27. The van der Waals surface area contributed by atoms with E-state index in [1.54, 1.807) is 66.7 Å². The summed E-state index contributed by atoms with van der Waals surface area (Å²) in [7, 11) is -12.0. The van der Waals surface area contributed by atoms with Crippen molar-refractivity contribution in [3.8, 4) is 17.2 Å². The van der Waals surface area contributed by atoms with Gasteiger partial charge >= 0.3 is 0 Å². The zero-order chi connectivity index (χ0) is 58.2. The second kappa shape index (κ2) is 28.9. The van der Waals surface area contributed by atoms with E-state index in [0.717, 1.165) is 24.8 Å². The van der Waals surface area contributed by atoms with Crippen molar-refractivity contribution < 1.29 is 63.3 Å². The fraction of sp³-hybridized carbons (Fsp3) is 0.304. The third-order valence-corrected chi connectivity index (χ3v) is 16.2. The van der Waals surface area contributed by atoms with Gasteiger partial charge in [-0.05, 0) is 103 Å². The standard InChI is InChI=1S/C19H21ClN2O5S.C19H22N2O5S.C18H19ClN2O4S/c20-16-4-2-1-3-13(16)11-19(23)22-14-5-6-17(18(12-14)28(21,24)25)27-15-7-9-26-10-8-15;20-27(23,24)18-13-15(21-19(22)12-14-4-2-1-3-5-14)6-7-17(18)26-16-8-10-25-11-9-16;19-15-7-2-1-4-12(15)10-18(22)21-13-8-9-16(25-14-5-3-6-14)17(11-13)26(20,23)24/h1-6,12,15H,7-11H2,(H,22,23)(H2,21,24,25);1-7,13,16H,8-12H2,(H,21,22)(H2,20,23,24);1-2,4,7-9,11,14H,3,5-6,10H2,(H,21,22)(H2,20,23,24). The van der Waals surface area contributed by atoms with Gasteiger partial charge in [-0.15, -0.1) is 0 Å². The van der Waals surface area contributed by atoms with Crippen molar-refractivity contribution in [3.63, 3.8) is 0 Å². The molecule has 1 saturated carbocycles. The number of carbonyl (C=O) groups is 3. The normalized spacial score (nSPS) is 15.0. The molecule has 3 amide bonds. The van der Waals surface area contributed by atoms with Gasteiger partial charge < -0.3 is 39.6 Å². The van der Waals surface area contributed by atoms with Crippen LogP contribution in [0.5, 0.6) is 17.2 Å². The van der Waals surface area contributed by atoms with Gasteiger partial charge in [0.2, 0.25) is 47.8 Å². The molecule has 1 aliphatic carbocycles. The largest absolute Gasteiger partial charge is 0.489 e. The minimum absolute atomic E-state index is 0.0103. The number of nitrogens with one attached hydrogen (secondary N) is 3.